The average molecular weight is 394 g/mol. The van der Waals surface area contributed by atoms with E-state index < -0.39 is 11.9 Å². The number of hydrogen-bond acceptors (Lipinski definition) is 3. The molecule has 0 unspecified atom stereocenters. The van der Waals surface area contributed by atoms with Crippen LogP contribution in [0.15, 0.2) is 41.5 Å². The molecule has 0 bridgehead atoms. The van der Waals surface area contributed by atoms with Gasteiger partial charge in [-0.05, 0) is 5.56 Å². The predicted octanol–water partition coefficient (Wildman–Crippen LogP) is 2.33. The second kappa shape index (κ2) is 8.64. The van der Waals surface area contributed by atoms with Gasteiger partial charge in [-0.3, -0.25) is 14.6 Å². The lowest BCUT2D eigenvalue weighted by atomic mass is 10.2. The first-order valence-electron chi connectivity index (χ1n) is 9.18. The highest BCUT2D eigenvalue weighted by atomic mass is 19.4. The minimum absolute atomic E-state index is 0.0274. The summed E-state index contributed by atoms with van der Waals surface area (Å²) in [6.45, 7) is 4.20. The summed E-state index contributed by atoms with van der Waals surface area (Å²) in [7, 11) is 3.13. The summed E-state index contributed by atoms with van der Waals surface area (Å²) in [5.74, 6) is 0.608. The topological polar surface area (TPSA) is 48.7 Å². The van der Waals surface area contributed by atoms with E-state index in [0.29, 0.717) is 5.96 Å². The standard InChI is InChI=1S/C19H25F3N6/c1-23-18(24-12-16-14-26(2)25-17(16)19(20,21)22)28-10-8-27(9-11-28)13-15-6-4-3-5-7-15/h3-7,14H,8-13H2,1-2H3,(H,23,24). The number of aromatic nitrogens is 2. The highest BCUT2D eigenvalue weighted by Gasteiger charge is 2.36. The fourth-order valence-electron chi connectivity index (χ4n) is 3.37. The van der Waals surface area contributed by atoms with Crippen molar-refractivity contribution in [2.75, 3.05) is 33.2 Å². The molecule has 1 aromatic carbocycles. The first kappa shape index (κ1) is 20.2. The van der Waals surface area contributed by atoms with Crippen molar-refractivity contribution in [3.8, 4) is 0 Å². The third-order valence-electron chi connectivity index (χ3n) is 4.74. The number of aryl methyl sites for hydroxylation is 1. The zero-order valence-corrected chi connectivity index (χ0v) is 16.1. The van der Waals surface area contributed by atoms with E-state index in [2.05, 4.69) is 37.3 Å². The van der Waals surface area contributed by atoms with E-state index in [-0.39, 0.29) is 12.1 Å². The maximum absolute atomic E-state index is 13.1. The Morgan fingerprint density at radius 3 is 2.43 bits per heavy atom. The van der Waals surface area contributed by atoms with Crippen molar-refractivity contribution in [3.05, 3.63) is 53.3 Å². The van der Waals surface area contributed by atoms with Crippen LogP contribution in [0.5, 0.6) is 0 Å². The molecule has 152 valence electrons. The molecular formula is C19H25F3N6. The monoisotopic (exact) mass is 394 g/mol. The van der Waals surface area contributed by atoms with E-state index in [1.54, 1.807) is 7.05 Å². The van der Waals surface area contributed by atoms with Crippen LogP contribution in [0.2, 0.25) is 0 Å². The number of rotatable bonds is 4. The molecule has 0 amide bonds. The number of alkyl halides is 3. The van der Waals surface area contributed by atoms with Gasteiger partial charge in [0.25, 0.3) is 0 Å². The predicted molar refractivity (Wildman–Crippen MR) is 102 cm³/mol. The maximum atomic E-state index is 13.1. The zero-order chi connectivity index (χ0) is 20.1. The third kappa shape index (κ3) is 5.03. The first-order valence-corrected chi connectivity index (χ1v) is 9.18. The van der Waals surface area contributed by atoms with Crippen molar-refractivity contribution in [2.45, 2.75) is 19.3 Å². The summed E-state index contributed by atoms with van der Waals surface area (Å²) in [6.07, 6.45) is -3.08. The second-order valence-corrected chi connectivity index (χ2v) is 6.82. The summed E-state index contributed by atoms with van der Waals surface area (Å²) < 4.78 is 40.5. The van der Waals surface area contributed by atoms with Crippen molar-refractivity contribution >= 4 is 5.96 Å². The SMILES string of the molecule is CN=C(NCc1cn(C)nc1C(F)(F)F)N1CCN(Cc2ccccc2)CC1. The lowest BCUT2D eigenvalue weighted by Crippen LogP contribution is -2.52. The minimum atomic E-state index is -4.47. The minimum Gasteiger partial charge on any atom is -0.352 e. The molecule has 2 aromatic rings. The molecule has 0 spiro atoms. The summed E-state index contributed by atoms with van der Waals surface area (Å²) in [6, 6.07) is 10.3. The van der Waals surface area contributed by atoms with E-state index in [0.717, 1.165) is 32.7 Å². The van der Waals surface area contributed by atoms with Crippen LogP contribution < -0.4 is 5.32 Å². The Labute approximate surface area is 162 Å². The smallest absolute Gasteiger partial charge is 0.352 e. The van der Waals surface area contributed by atoms with E-state index in [1.807, 2.05) is 18.2 Å². The molecule has 2 heterocycles. The highest BCUT2D eigenvalue weighted by molar-refractivity contribution is 5.80. The van der Waals surface area contributed by atoms with Gasteiger partial charge in [-0.15, -0.1) is 0 Å². The van der Waals surface area contributed by atoms with Crippen molar-refractivity contribution in [1.82, 2.24) is 24.9 Å². The van der Waals surface area contributed by atoms with Crippen LogP contribution >= 0.6 is 0 Å². The van der Waals surface area contributed by atoms with Gasteiger partial charge in [0.15, 0.2) is 11.7 Å². The van der Waals surface area contributed by atoms with E-state index in [9.17, 15) is 13.2 Å². The fourth-order valence-corrected chi connectivity index (χ4v) is 3.37. The molecule has 1 aromatic heterocycles. The van der Waals surface area contributed by atoms with Crippen LogP contribution in [0.1, 0.15) is 16.8 Å². The van der Waals surface area contributed by atoms with Crippen LogP contribution in [0.4, 0.5) is 13.2 Å². The summed E-state index contributed by atoms with van der Waals surface area (Å²) in [5.41, 5.74) is 0.527. The van der Waals surface area contributed by atoms with Crippen LogP contribution in [-0.2, 0) is 26.3 Å². The number of aliphatic imine (C=N–C) groups is 1. The molecule has 0 radical (unpaired) electrons. The van der Waals surface area contributed by atoms with Gasteiger partial charge in [-0.2, -0.15) is 18.3 Å². The molecule has 1 fully saturated rings. The Morgan fingerprint density at radius 1 is 1.14 bits per heavy atom. The Hall–Kier alpha value is -2.55. The first-order chi connectivity index (χ1) is 13.4. The molecule has 0 aliphatic carbocycles. The molecule has 1 N–H and O–H groups in total. The van der Waals surface area contributed by atoms with Crippen molar-refractivity contribution in [2.24, 2.45) is 12.0 Å². The van der Waals surface area contributed by atoms with Gasteiger partial charge in [0.1, 0.15) is 0 Å². The van der Waals surface area contributed by atoms with Gasteiger partial charge >= 0.3 is 6.18 Å². The Balaban J connectivity index is 1.54. The number of benzene rings is 1. The number of hydrogen-bond donors (Lipinski definition) is 1. The lowest BCUT2D eigenvalue weighted by molar-refractivity contribution is -0.142. The molecule has 9 heteroatoms. The Kier molecular flexibility index (Phi) is 6.23. The molecule has 28 heavy (non-hydrogen) atoms. The largest absolute Gasteiger partial charge is 0.435 e. The number of nitrogens with zero attached hydrogens (tertiary/aromatic N) is 5. The van der Waals surface area contributed by atoms with Gasteiger partial charge in [-0.1, -0.05) is 30.3 Å². The van der Waals surface area contributed by atoms with Crippen molar-refractivity contribution < 1.29 is 13.2 Å². The van der Waals surface area contributed by atoms with Gasteiger partial charge in [0, 0.05) is 65.1 Å². The fraction of sp³-hybridized carbons (Fsp3) is 0.474. The molecule has 6 nitrogen and oxygen atoms in total. The number of halogens is 3. The maximum Gasteiger partial charge on any atom is 0.435 e. The average Bonchev–Trinajstić information content (AvgIpc) is 3.05. The summed E-state index contributed by atoms with van der Waals surface area (Å²) in [5, 5.41) is 6.59. The zero-order valence-electron chi connectivity index (χ0n) is 16.1. The third-order valence-corrected chi connectivity index (χ3v) is 4.74. The number of nitrogens with one attached hydrogen (secondary N) is 1. The van der Waals surface area contributed by atoms with Gasteiger partial charge in [0.2, 0.25) is 0 Å². The van der Waals surface area contributed by atoms with E-state index in [4.69, 9.17) is 0 Å². The molecule has 0 atom stereocenters. The normalized spacial score (nSPS) is 16.5. The Bertz CT molecular complexity index is 792. The molecular weight excluding hydrogens is 369 g/mol. The van der Waals surface area contributed by atoms with Crippen LogP contribution in [0, 0.1) is 0 Å². The van der Waals surface area contributed by atoms with Crippen LogP contribution in [0.3, 0.4) is 0 Å². The van der Waals surface area contributed by atoms with Crippen molar-refractivity contribution in [3.63, 3.8) is 0 Å². The molecule has 3 rings (SSSR count). The molecule has 0 saturated carbocycles. The van der Waals surface area contributed by atoms with Gasteiger partial charge < -0.3 is 10.2 Å². The molecule has 1 aliphatic rings. The number of guanidine groups is 1. The Morgan fingerprint density at radius 2 is 1.82 bits per heavy atom. The van der Waals surface area contributed by atoms with Crippen LogP contribution in [-0.4, -0.2) is 58.8 Å². The highest BCUT2D eigenvalue weighted by Crippen LogP contribution is 2.30. The van der Waals surface area contributed by atoms with Gasteiger partial charge in [-0.25, -0.2) is 0 Å². The lowest BCUT2D eigenvalue weighted by Gasteiger charge is -2.36. The number of piperazine rings is 1. The molecule has 1 aliphatic heterocycles. The van der Waals surface area contributed by atoms with E-state index >= 15 is 0 Å². The summed E-state index contributed by atoms with van der Waals surface area (Å²) >= 11 is 0. The molecule has 1 saturated heterocycles. The summed E-state index contributed by atoms with van der Waals surface area (Å²) in [4.78, 5) is 8.68. The quantitative estimate of drug-likeness (QED) is 0.639. The van der Waals surface area contributed by atoms with Gasteiger partial charge in [0.05, 0.1) is 0 Å². The van der Waals surface area contributed by atoms with Crippen molar-refractivity contribution in [1.29, 1.82) is 0 Å². The van der Waals surface area contributed by atoms with E-state index in [1.165, 1.54) is 23.5 Å². The second-order valence-electron chi connectivity index (χ2n) is 6.82. The van der Waals surface area contributed by atoms with Crippen LogP contribution in [0.25, 0.3) is 0 Å².